The maximum absolute atomic E-state index is 4.99. The highest BCUT2D eigenvalue weighted by atomic mass is 16.5. The minimum absolute atomic E-state index is 0.556. The van der Waals surface area contributed by atoms with E-state index in [0.717, 1.165) is 26.1 Å². The van der Waals surface area contributed by atoms with E-state index in [-0.39, 0.29) is 0 Å². The minimum Gasteiger partial charge on any atom is -0.385 e. The van der Waals surface area contributed by atoms with E-state index < -0.39 is 0 Å². The molecule has 0 aromatic carbocycles. The SMILES string of the molecule is COCCCCNC(C)CNC(C)C. The van der Waals surface area contributed by atoms with E-state index >= 15 is 0 Å². The summed E-state index contributed by atoms with van der Waals surface area (Å²) in [6.45, 7) is 9.56. The van der Waals surface area contributed by atoms with Gasteiger partial charge in [0.1, 0.15) is 0 Å². The fraction of sp³-hybridized carbons (Fsp3) is 1.00. The van der Waals surface area contributed by atoms with E-state index in [1.807, 2.05) is 0 Å². The highest BCUT2D eigenvalue weighted by Crippen LogP contribution is 1.89. The van der Waals surface area contributed by atoms with Crippen LogP contribution in [0, 0.1) is 0 Å². The lowest BCUT2D eigenvalue weighted by Gasteiger charge is -2.16. The van der Waals surface area contributed by atoms with Gasteiger partial charge < -0.3 is 15.4 Å². The number of methoxy groups -OCH3 is 1. The third-order valence-corrected chi connectivity index (χ3v) is 2.10. The molecule has 0 heterocycles. The van der Waals surface area contributed by atoms with Crippen molar-refractivity contribution < 1.29 is 4.74 Å². The van der Waals surface area contributed by atoms with Crippen molar-refractivity contribution in [1.82, 2.24) is 10.6 Å². The molecule has 0 radical (unpaired) electrons. The second-order valence-corrected chi connectivity index (χ2v) is 4.12. The van der Waals surface area contributed by atoms with Crippen LogP contribution in [0.5, 0.6) is 0 Å². The minimum atomic E-state index is 0.556. The predicted molar refractivity (Wildman–Crippen MR) is 61.7 cm³/mol. The molecule has 0 aliphatic rings. The first-order valence-corrected chi connectivity index (χ1v) is 5.62. The average molecular weight is 202 g/mol. The van der Waals surface area contributed by atoms with Gasteiger partial charge in [-0.15, -0.1) is 0 Å². The zero-order valence-electron chi connectivity index (χ0n) is 10.1. The molecular weight excluding hydrogens is 176 g/mol. The predicted octanol–water partition coefficient (Wildman–Crippen LogP) is 1.39. The highest BCUT2D eigenvalue weighted by molar-refractivity contribution is 4.65. The van der Waals surface area contributed by atoms with E-state index in [0.29, 0.717) is 12.1 Å². The molecule has 2 N–H and O–H groups in total. The van der Waals surface area contributed by atoms with Crippen molar-refractivity contribution in [3.63, 3.8) is 0 Å². The van der Waals surface area contributed by atoms with Gasteiger partial charge in [-0.1, -0.05) is 13.8 Å². The molecule has 0 spiro atoms. The molecule has 0 saturated carbocycles. The second kappa shape index (κ2) is 9.44. The lowest BCUT2D eigenvalue weighted by Crippen LogP contribution is -2.39. The number of hydrogen-bond acceptors (Lipinski definition) is 3. The van der Waals surface area contributed by atoms with Crippen molar-refractivity contribution in [3.8, 4) is 0 Å². The van der Waals surface area contributed by atoms with Crippen LogP contribution in [-0.2, 0) is 4.74 Å². The van der Waals surface area contributed by atoms with E-state index in [1.165, 1.54) is 6.42 Å². The van der Waals surface area contributed by atoms with Crippen LogP contribution in [0.25, 0.3) is 0 Å². The quantitative estimate of drug-likeness (QED) is 0.554. The monoisotopic (exact) mass is 202 g/mol. The van der Waals surface area contributed by atoms with Crippen LogP contribution in [0.1, 0.15) is 33.6 Å². The van der Waals surface area contributed by atoms with Crippen LogP contribution in [0.3, 0.4) is 0 Å². The van der Waals surface area contributed by atoms with Crippen LogP contribution in [0.15, 0.2) is 0 Å². The number of nitrogens with one attached hydrogen (secondary N) is 2. The molecule has 0 rings (SSSR count). The van der Waals surface area contributed by atoms with Crippen LogP contribution in [0.4, 0.5) is 0 Å². The zero-order chi connectivity index (χ0) is 10.8. The molecule has 1 atom stereocenters. The normalized spacial score (nSPS) is 13.5. The Morgan fingerprint density at radius 3 is 2.36 bits per heavy atom. The topological polar surface area (TPSA) is 33.3 Å². The highest BCUT2D eigenvalue weighted by Gasteiger charge is 2.00. The Balaban J connectivity index is 3.14. The third-order valence-electron chi connectivity index (χ3n) is 2.10. The summed E-state index contributed by atoms with van der Waals surface area (Å²) in [7, 11) is 1.75. The maximum atomic E-state index is 4.99. The molecule has 0 amide bonds. The molecule has 0 aliphatic carbocycles. The molecule has 3 heteroatoms. The first kappa shape index (κ1) is 13.9. The van der Waals surface area contributed by atoms with Crippen LogP contribution >= 0.6 is 0 Å². The molecule has 0 saturated heterocycles. The Labute approximate surface area is 88.6 Å². The molecular formula is C11H26N2O. The number of unbranched alkanes of at least 4 members (excludes halogenated alkanes) is 1. The van der Waals surface area contributed by atoms with Crippen molar-refractivity contribution in [2.45, 2.75) is 45.7 Å². The van der Waals surface area contributed by atoms with Gasteiger partial charge in [0.05, 0.1) is 0 Å². The summed E-state index contributed by atoms with van der Waals surface area (Å²) in [5.74, 6) is 0. The van der Waals surface area contributed by atoms with Gasteiger partial charge in [-0.3, -0.25) is 0 Å². The Morgan fingerprint density at radius 1 is 1.07 bits per heavy atom. The van der Waals surface area contributed by atoms with Gasteiger partial charge in [0.2, 0.25) is 0 Å². The Morgan fingerprint density at radius 2 is 1.79 bits per heavy atom. The van der Waals surface area contributed by atoms with Crippen LogP contribution in [0.2, 0.25) is 0 Å². The molecule has 0 aromatic heterocycles. The van der Waals surface area contributed by atoms with E-state index in [1.54, 1.807) is 7.11 Å². The summed E-state index contributed by atoms with van der Waals surface area (Å²) in [6.07, 6.45) is 2.34. The third kappa shape index (κ3) is 9.96. The van der Waals surface area contributed by atoms with E-state index in [2.05, 4.69) is 31.4 Å². The Hall–Kier alpha value is -0.120. The Bertz CT molecular complexity index is 118. The molecule has 3 nitrogen and oxygen atoms in total. The molecule has 0 aromatic rings. The smallest absolute Gasteiger partial charge is 0.0462 e. The molecule has 14 heavy (non-hydrogen) atoms. The molecule has 0 fully saturated rings. The van der Waals surface area contributed by atoms with Crippen LogP contribution < -0.4 is 10.6 Å². The van der Waals surface area contributed by atoms with Crippen molar-refractivity contribution in [2.75, 3.05) is 26.8 Å². The lowest BCUT2D eigenvalue weighted by molar-refractivity contribution is 0.192. The number of rotatable bonds is 9. The average Bonchev–Trinajstić information content (AvgIpc) is 2.14. The van der Waals surface area contributed by atoms with Crippen LogP contribution in [-0.4, -0.2) is 38.9 Å². The fourth-order valence-electron chi connectivity index (χ4n) is 1.20. The fourth-order valence-corrected chi connectivity index (χ4v) is 1.20. The summed E-state index contributed by atoms with van der Waals surface area (Å²) in [6, 6.07) is 1.13. The summed E-state index contributed by atoms with van der Waals surface area (Å²) in [5, 5.41) is 6.89. The molecule has 1 unspecified atom stereocenters. The number of hydrogen-bond donors (Lipinski definition) is 2. The summed E-state index contributed by atoms with van der Waals surface area (Å²) in [4.78, 5) is 0. The van der Waals surface area contributed by atoms with Gasteiger partial charge in [0, 0.05) is 32.3 Å². The lowest BCUT2D eigenvalue weighted by atomic mass is 10.2. The van der Waals surface area contributed by atoms with Gasteiger partial charge in [-0.2, -0.15) is 0 Å². The van der Waals surface area contributed by atoms with Gasteiger partial charge in [-0.25, -0.2) is 0 Å². The first-order valence-electron chi connectivity index (χ1n) is 5.62. The molecule has 86 valence electrons. The van der Waals surface area contributed by atoms with E-state index in [9.17, 15) is 0 Å². The van der Waals surface area contributed by atoms with Gasteiger partial charge in [0.15, 0.2) is 0 Å². The van der Waals surface area contributed by atoms with Gasteiger partial charge in [-0.05, 0) is 26.3 Å². The summed E-state index contributed by atoms with van der Waals surface area (Å²) >= 11 is 0. The van der Waals surface area contributed by atoms with Crippen molar-refractivity contribution in [3.05, 3.63) is 0 Å². The van der Waals surface area contributed by atoms with Gasteiger partial charge in [0.25, 0.3) is 0 Å². The van der Waals surface area contributed by atoms with Gasteiger partial charge >= 0.3 is 0 Å². The summed E-state index contributed by atoms with van der Waals surface area (Å²) < 4.78 is 4.99. The maximum Gasteiger partial charge on any atom is 0.0462 e. The van der Waals surface area contributed by atoms with Crippen molar-refractivity contribution >= 4 is 0 Å². The van der Waals surface area contributed by atoms with Crippen molar-refractivity contribution in [1.29, 1.82) is 0 Å². The first-order chi connectivity index (χ1) is 6.66. The molecule has 0 bridgehead atoms. The molecule has 0 aliphatic heterocycles. The largest absolute Gasteiger partial charge is 0.385 e. The zero-order valence-corrected chi connectivity index (χ0v) is 10.1. The summed E-state index contributed by atoms with van der Waals surface area (Å²) in [5.41, 5.74) is 0. The number of ether oxygens (including phenoxy) is 1. The van der Waals surface area contributed by atoms with E-state index in [4.69, 9.17) is 4.74 Å². The van der Waals surface area contributed by atoms with Crippen molar-refractivity contribution in [2.24, 2.45) is 0 Å². The second-order valence-electron chi connectivity index (χ2n) is 4.12. The Kier molecular flexibility index (Phi) is 9.35. The standard InChI is InChI=1S/C11H26N2O/c1-10(2)13-9-11(3)12-7-5-6-8-14-4/h10-13H,5-9H2,1-4H3.